The van der Waals surface area contributed by atoms with Crippen LogP contribution in [0.1, 0.15) is 290 Å². The van der Waals surface area contributed by atoms with Gasteiger partial charge in [0.25, 0.3) is 0 Å². The van der Waals surface area contributed by atoms with E-state index in [-0.39, 0.29) is 31.1 Å². The smallest absolute Gasteiger partial charge is 0.306 e. The zero-order chi connectivity index (χ0) is 51.4. The number of hydrogen-bond donors (Lipinski definition) is 0. The van der Waals surface area contributed by atoms with E-state index in [0.717, 1.165) is 116 Å². The Labute approximate surface area is 439 Å². The third-order valence-corrected chi connectivity index (χ3v) is 12.9. The SMILES string of the molecule is CC/C=C\C/C=C\C/C=C\CCCCCC(=O)OCC(COC(=O)CCCCCCCCCCCCCCC/C=C\C/C=C\CCCCCCC)OC(=O)CCCCCCC/C=C\C/C=C\CCCCC. The van der Waals surface area contributed by atoms with Gasteiger partial charge in [-0.15, -0.1) is 0 Å². The Morgan fingerprint density at radius 1 is 0.296 bits per heavy atom. The maximum atomic E-state index is 12.8. The minimum atomic E-state index is -0.797. The molecule has 0 heterocycles. The molecule has 408 valence electrons. The minimum absolute atomic E-state index is 0.0915. The molecule has 0 aliphatic heterocycles. The average molecular weight is 990 g/mol. The maximum Gasteiger partial charge on any atom is 0.306 e. The first-order chi connectivity index (χ1) is 35.0. The molecule has 0 amide bonds. The number of allylic oxidation sites excluding steroid dienone is 14. The average Bonchev–Trinajstić information content (AvgIpc) is 3.37. The van der Waals surface area contributed by atoms with Crippen LogP contribution < -0.4 is 0 Å². The van der Waals surface area contributed by atoms with Gasteiger partial charge in [0.05, 0.1) is 0 Å². The van der Waals surface area contributed by atoms with Crippen LogP contribution >= 0.6 is 0 Å². The minimum Gasteiger partial charge on any atom is -0.462 e. The van der Waals surface area contributed by atoms with E-state index in [2.05, 4.69) is 106 Å². The molecule has 1 atom stereocenters. The fourth-order valence-corrected chi connectivity index (χ4v) is 8.34. The van der Waals surface area contributed by atoms with E-state index < -0.39 is 6.10 Å². The summed E-state index contributed by atoms with van der Waals surface area (Å²) in [6.45, 7) is 6.47. The van der Waals surface area contributed by atoms with Gasteiger partial charge in [-0.1, -0.05) is 241 Å². The van der Waals surface area contributed by atoms with Crippen LogP contribution in [0, 0.1) is 0 Å². The Hall–Kier alpha value is -3.41. The van der Waals surface area contributed by atoms with Crippen molar-refractivity contribution in [3.05, 3.63) is 85.1 Å². The van der Waals surface area contributed by atoms with Crippen molar-refractivity contribution in [1.29, 1.82) is 0 Å². The predicted octanol–water partition coefficient (Wildman–Crippen LogP) is 20.3. The molecule has 0 aromatic carbocycles. The first kappa shape index (κ1) is 67.6. The molecule has 0 N–H and O–H groups in total. The summed E-state index contributed by atoms with van der Waals surface area (Å²) in [6, 6.07) is 0. The Bertz CT molecular complexity index is 1370. The van der Waals surface area contributed by atoms with Crippen molar-refractivity contribution in [2.24, 2.45) is 0 Å². The summed E-state index contributed by atoms with van der Waals surface area (Å²) in [7, 11) is 0. The summed E-state index contributed by atoms with van der Waals surface area (Å²) in [5, 5.41) is 0. The van der Waals surface area contributed by atoms with Crippen LogP contribution in [0.5, 0.6) is 0 Å². The van der Waals surface area contributed by atoms with E-state index in [9.17, 15) is 14.4 Å². The van der Waals surface area contributed by atoms with Crippen LogP contribution in [0.3, 0.4) is 0 Å². The zero-order valence-electron chi connectivity index (χ0n) is 46.7. The van der Waals surface area contributed by atoms with Gasteiger partial charge in [0, 0.05) is 19.3 Å². The molecule has 0 saturated carbocycles. The van der Waals surface area contributed by atoms with Gasteiger partial charge in [-0.3, -0.25) is 14.4 Å². The standard InChI is InChI=1S/C65H112O6/c1-4-7-10-13-16-19-22-25-27-28-29-30-31-32-33-34-35-36-38-40-43-46-49-52-55-58-64(67)70-61-62(60-69-63(66)57-54-51-48-45-42-39-24-21-18-15-12-9-6-3)71-65(68)59-56-53-50-47-44-41-37-26-23-20-17-14-11-8-5-2/h9,12,17-18,20-22,25-26,28-29,37,39,42,62H,4-8,10-11,13-16,19,23-24,27,30-36,38,40-41,43-61H2,1-3H3/b12-9-,20-17-,21-18-,25-22-,29-28-,37-26-,42-39-. The second-order valence-corrected chi connectivity index (χ2v) is 19.9. The van der Waals surface area contributed by atoms with Crippen molar-refractivity contribution in [3.63, 3.8) is 0 Å². The van der Waals surface area contributed by atoms with Crippen LogP contribution in [0.15, 0.2) is 85.1 Å². The third-order valence-electron chi connectivity index (χ3n) is 12.9. The topological polar surface area (TPSA) is 78.9 Å². The van der Waals surface area contributed by atoms with E-state index in [1.54, 1.807) is 0 Å². The summed E-state index contributed by atoms with van der Waals surface area (Å²) in [5.41, 5.74) is 0. The van der Waals surface area contributed by atoms with Crippen molar-refractivity contribution in [2.45, 2.75) is 297 Å². The lowest BCUT2D eigenvalue weighted by molar-refractivity contribution is -0.167. The quantitative estimate of drug-likeness (QED) is 0.0261. The summed E-state index contributed by atoms with van der Waals surface area (Å²) < 4.78 is 16.8. The van der Waals surface area contributed by atoms with Gasteiger partial charge in [-0.25, -0.2) is 0 Å². The number of ether oxygens (including phenoxy) is 3. The van der Waals surface area contributed by atoms with Crippen molar-refractivity contribution < 1.29 is 28.6 Å². The van der Waals surface area contributed by atoms with E-state index >= 15 is 0 Å². The lowest BCUT2D eigenvalue weighted by Crippen LogP contribution is -2.30. The lowest BCUT2D eigenvalue weighted by atomic mass is 10.0. The first-order valence-corrected chi connectivity index (χ1v) is 30.1. The molecule has 0 bridgehead atoms. The summed E-state index contributed by atoms with van der Waals surface area (Å²) in [4.78, 5) is 38.2. The van der Waals surface area contributed by atoms with E-state index in [1.807, 2.05) is 0 Å². The van der Waals surface area contributed by atoms with Crippen molar-refractivity contribution in [1.82, 2.24) is 0 Å². The van der Waals surface area contributed by atoms with Gasteiger partial charge in [-0.05, 0) is 116 Å². The highest BCUT2D eigenvalue weighted by Crippen LogP contribution is 2.15. The molecule has 0 rings (SSSR count). The Kier molecular flexibility index (Phi) is 56.3. The first-order valence-electron chi connectivity index (χ1n) is 30.1. The molecular formula is C65H112O6. The van der Waals surface area contributed by atoms with E-state index in [0.29, 0.717) is 19.3 Å². The molecule has 6 heteroatoms. The number of esters is 3. The molecule has 0 aliphatic carbocycles. The van der Waals surface area contributed by atoms with Crippen LogP contribution in [0.25, 0.3) is 0 Å². The molecule has 0 aromatic rings. The van der Waals surface area contributed by atoms with Crippen LogP contribution in [-0.2, 0) is 28.6 Å². The fourth-order valence-electron chi connectivity index (χ4n) is 8.34. The molecule has 0 saturated heterocycles. The second-order valence-electron chi connectivity index (χ2n) is 19.9. The van der Waals surface area contributed by atoms with Gasteiger partial charge < -0.3 is 14.2 Å². The van der Waals surface area contributed by atoms with Crippen LogP contribution in [0.2, 0.25) is 0 Å². The zero-order valence-corrected chi connectivity index (χ0v) is 46.7. The van der Waals surface area contributed by atoms with E-state index in [4.69, 9.17) is 14.2 Å². The molecule has 0 aliphatic rings. The van der Waals surface area contributed by atoms with Crippen LogP contribution in [0.4, 0.5) is 0 Å². The second kappa shape index (κ2) is 59.2. The van der Waals surface area contributed by atoms with Gasteiger partial charge >= 0.3 is 17.9 Å². The number of unbranched alkanes of at least 4 members (excludes halogenated alkanes) is 29. The van der Waals surface area contributed by atoms with Crippen molar-refractivity contribution in [2.75, 3.05) is 13.2 Å². The molecule has 1 unspecified atom stereocenters. The summed E-state index contributed by atoms with van der Waals surface area (Å²) in [5.74, 6) is -0.930. The molecule has 71 heavy (non-hydrogen) atoms. The summed E-state index contributed by atoms with van der Waals surface area (Å²) in [6.07, 6.45) is 77.3. The molecular weight excluding hydrogens is 877 g/mol. The normalized spacial score (nSPS) is 12.7. The number of hydrogen-bond acceptors (Lipinski definition) is 6. The van der Waals surface area contributed by atoms with Gasteiger partial charge in [0.1, 0.15) is 13.2 Å². The molecule has 6 nitrogen and oxygen atoms in total. The van der Waals surface area contributed by atoms with Gasteiger partial charge in [0.15, 0.2) is 6.10 Å². The highest BCUT2D eigenvalue weighted by atomic mass is 16.6. The highest BCUT2D eigenvalue weighted by Gasteiger charge is 2.19. The van der Waals surface area contributed by atoms with Gasteiger partial charge in [-0.2, -0.15) is 0 Å². The third kappa shape index (κ3) is 57.4. The highest BCUT2D eigenvalue weighted by molar-refractivity contribution is 5.71. The summed E-state index contributed by atoms with van der Waals surface area (Å²) >= 11 is 0. The van der Waals surface area contributed by atoms with E-state index in [1.165, 1.54) is 135 Å². The fraction of sp³-hybridized carbons (Fsp3) is 0.738. The molecule has 0 spiro atoms. The van der Waals surface area contributed by atoms with Crippen molar-refractivity contribution in [3.8, 4) is 0 Å². The maximum absolute atomic E-state index is 12.8. The number of carbonyl (C=O) groups is 3. The predicted molar refractivity (Wildman–Crippen MR) is 307 cm³/mol. The monoisotopic (exact) mass is 989 g/mol. The van der Waals surface area contributed by atoms with Crippen LogP contribution in [-0.4, -0.2) is 37.2 Å². The molecule has 0 aromatic heterocycles. The Morgan fingerprint density at radius 3 is 0.901 bits per heavy atom. The number of carbonyl (C=O) groups excluding carboxylic acids is 3. The Balaban J connectivity index is 4.31. The Morgan fingerprint density at radius 2 is 0.549 bits per heavy atom. The molecule has 0 fully saturated rings. The number of rotatable bonds is 54. The van der Waals surface area contributed by atoms with Gasteiger partial charge in [0.2, 0.25) is 0 Å². The van der Waals surface area contributed by atoms with Crippen molar-refractivity contribution >= 4 is 17.9 Å². The molecule has 0 radical (unpaired) electrons. The lowest BCUT2D eigenvalue weighted by Gasteiger charge is -2.18. The largest absolute Gasteiger partial charge is 0.462 e.